The van der Waals surface area contributed by atoms with E-state index in [2.05, 4.69) is 6.07 Å². The Bertz CT molecular complexity index is 467. The van der Waals surface area contributed by atoms with Crippen LogP contribution in [0.5, 0.6) is 0 Å². The van der Waals surface area contributed by atoms with Gasteiger partial charge in [0.15, 0.2) is 0 Å². The molecule has 0 spiro atoms. The van der Waals surface area contributed by atoms with E-state index in [0.29, 0.717) is 16.1 Å². The van der Waals surface area contributed by atoms with Gasteiger partial charge in [-0.2, -0.15) is 17.0 Å². The maximum atomic E-state index is 10.9. The SMILES string of the molecule is N#Cc1ccccc1C1(O)CC2CCC(C1)S2. The molecule has 1 aromatic carbocycles. The van der Waals surface area contributed by atoms with Gasteiger partial charge in [0, 0.05) is 16.1 Å². The zero-order chi connectivity index (χ0) is 11.9. The average molecular weight is 245 g/mol. The summed E-state index contributed by atoms with van der Waals surface area (Å²) >= 11 is 2.02. The molecule has 0 amide bonds. The van der Waals surface area contributed by atoms with Gasteiger partial charge >= 0.3 is 0 Å². The fourth-order valence-electron chi connectivity index (χ4n) is 3.12. The number of nitrogens with zero attached hydrogens (tertiary/aromatic N) is 1. The molecule has 2 aliphatic heterocycles. The van der Waals surface area contributed by atoms with Crippen LogP contribution >= 0.6 is 11.8 Å². The van der Waals surface area contributed by atoms with Crippen molar-refractivity contribution in [1.82, 2.24) is 0 Å². The summed E-state index contributed by atoms with van der Waals surface area (Å²) in [6.07, 6.45) is 4.03. The van der Waals surface area contributed by atoms with Gasteiger partial charge in [0.25, 0.3) is 0 Å². The Morgan fingerprint density at radius 3 is 2.53 bits per heavy atom. The van der Waals surface area contributed by atoms with Gasteiger partial charge in [-0.15, -0.1) is 0 Å². The Labute approximate surface area is 106 Å². The largest absolute Gasteiger partial charge is 0.385 e. The number of hydrogen-bond acceptors (Lipinski definition) is 3. The molecule has 3 heteroatoms. The van der Waals surface area contributed by atoms with Crippen LogP contribution in [0.1, 0.15) is 36.8 Å². The monoisotopic (exact) mass is 245 g/mol. The van der Waals surface area contributed by atoms with Gasteiger partial charge < -0.3 is 5.11 Å². The lowest BCUT2D eigenvalue weighted by molar-refractivity contribution is 0.0194. The predicted octanol–water partition coefficient (Wildman–Crippen LogP) is 2.80. The number of fused-ring (bicyclic) bond motifs is 2. The summed E-state index contributed by atoms with van der Waals surface area (Å²) in [5.41, 5.74) is 0.685. The fourth-order valence-corrected chi connectivity index (χ4v) is 4.96. The molecule has 1 N–H and O–H groups in total. The van der Waals surface area contributed by atoms with Crippen LogP contribution in [0, 0.1) is 11.3 Å². The molecule has 0 aromatic heterocycles. The third-order valence-corrected chi connectivity index (χ3v) is 5.45. The average Bonchev–Trinajstić information content (AvgIpc) is 2.69. The Morgan fingerprint density at radius 2 is 1.88 bits per heavy atom. The van der Waals surface area contributed by atoms with Crippen LogP contribution in [-0.4, -0.2) is 15.6 Å². The molecule has 2 unspecified atom stereocenters. The second-order valence-corrected chi connectivity index (χ2v) is 6.66. The van der Waals surface area contributed by atoms with E-state index in [0.717, 1.165) is 18.4 Å². The van der Waals surface area contributed by atoms with Crippen LogP contribution in [0.25, 0.3) is 0 Å². The number of hydrogen-bond donors (Lipinski definition) is 1. The highest BCUT2D eigenvalue weighted by Crippen LogP contribution is 2.51. The van der Waals surface area contributed by atoms with Gasteiger partial charge in [-0.1, -0.05) is 18.2 Å². The maximum Gasteiger partial charge on any atom is 0.0995 e. The van der Waals surface area contributed by atoms with Crippen molar-refractivity contribution >= 4 is 11.8 Å². The standard InChI is InChI=1S/C14H15NOS/c15-9-10-3-1-2-4-13(10)14(16)7-11-5-6-12(8-14)17-11/h1-4,11-12,16H,5-8H2. The molecule has 88 valence electrons. The van der Waals surface area contributed by atoms with Crippen molar-refractivity contribution in [2.75, 3.05) is 0 Å². The topological polar surface area (TPSA) is 44.0 Å². The quantitative estimate of drug-likeness (QED) is 0.827. The molecule has 0 saturated carbocycles. The summed E-state index contributed by atoms with van der Waals surface area (Å²) in [6, 6.07) is 9.69. The summed E-state index contributed by atoms with van der Waals surface area (Å²) in [5.74, 6) is 0. The molecule has 2 aliphatic rings. The lowest BCUT2D eigenvalue weighted by Gasteiger charge is -2.36. The first-order valence-electron chi connectivity index (χ1n) is 6.09. The second-order valence-electron chi connectivity index (χ2n) is 5.05. The van der Waals surface area contributed by atoms with E-state index in [1.807, 2.05) is 30.0 Å². The number of aliphatic hydroxyl groups is 1. The van der Waals surface area contributed by atoms with Gasteiger partial charge in [0.2, 0.25) is 0 Å². The summed E-state index contributed by atoms with van der Waals surface area (Å²) in [5, 5.41) is 21.2. The first-order chi connectivity index (χ1) is 8.21. The maximum absolute atomic E-state index is 10.9. The molecule has 2 heterocycles. The molecule has 3 rings (SSSR count). The molecule has 2 nitrogen and oxygen atoms in total. The minimum atomic E-state index is -0.774. The number of thioether (sulfide) groups is 1. The smallest absolute Gasteiger partial charge is 0.0995 e. The van der Waals surface area contributed by atoms with E-state index in [4.69, 9.17) is 5.26 Å². The first kappa shape index (κ1) is 11.1. The number of benzene rings is 1. The van der Waals surface area contributed by atoms with Crippen molar-refractivity contribution in [3.63, 3.8) is 0 Å². The molecule has 2 atom stereocenters. The summed E-state index contributed by atoms with van der Waals surface area (Å²) < 4.78 is 0. The van der Waals surface area contributed by atoms with Crippen molar-refractivity contribution in [2.45, 2.75) is 41.8 Å². The van der Waals surface area contributed by atoms with Crippen molar-refractivity contribution in [2.24, 2.45) is 0 Å². The lowest BCUT2D eigenvalue weighted by Crippen LogP contribution is -2.35. The van der Waals surface area contributed by atoms with Gasteiger partial charge in [0.1, 0.15) is 0 Å². The molecular weight excluding hydrogens is 230 g/mol. The molecule has 2 bridgehead atoms. The van der Waals surface area contributed by atoms with Gasteiger partial charge in [-0.25, -0.2) is 0 Å². The Morgan fingerprint density at radius 1 is 1.24 bits per heavy atom. The van der Waals surface area contributed by atoms with E-state index >= 15 is 0 Å². The Balaban J connectivity index is 2.00. The van der Waals surface area contributed by atoms with Crippen molar-refractivity contribution < 1.29 is 5.11 Å². The van der Waals surface area contributed by atoms with Gasteiger partial charge in [0.05, 0.1) is 17.2 Å². The normalized spacial score (nSPS) is 35.5. The second kappa shape index (κ2) is 4.04. The molecule has 2 fully saturated rings. The van der Waals surface area contributed by atoms with Crippen LogP contribution in [0.4, 0.5) is 0 Å². The molecule has 0 radical (unpaired) electrons. The first-order valence-corrected chi connectivity index (χ1v) is 7.03. The molecule has 2 saturated heterocycles. The highest BCUT2D eigenvalue weighted by atomic mass is 32.2. The number of rotatable bonds is 1. The highest BCUT2D eigenvalue weighted by molar-refractivity contribution is 8.00. The zero-order valence-corrected chi connectivity index (χ0v) is 10.4. The Kier molecular flexibility index (Phi) is 2.65. The van der Waals surface area contributed by atoms with Crippen LogP contribution in [0.3, 0.4) is 0 Å². The van der Waals surface area contributed by atoms with E-state index in [9.17, 15) is 5.11 Å². The van der Waals surface area contributed by atoms with Crippen molar-refractivity contribution in [3.05, 3.63) is 35.4 Å². The van der Waals surface area contributed by atoms with Gasteiger partial charge in [-0.05, 0) is 31.7 Å². The molecular formula is C14H15NOS. The van der Waals surface area contributed by atoms with Crippen LogP contribution in [-0.2, 0) is 5.60 Å². The zero-order valence-electron chi connectivity index (χ0n) is 9.60. The number of nitriles is 1. The molecule has 17 heavy (non-hydrogen) atoms. The Hall–Kier alpha value is -0.980. The third-order valence-electron chi connectivity index (χ3n) is 3.88. The van der Waals surface area contributed by atoms with Gasteiger partial charge in [-0.3, -0.25) is 0 Å². The van der Waals surface area contributed by atoms with E-state index in [1.54, 1.807) is 6.07 Å². The summed E-state index contributed by atoms with van der Waals surface area (Å²) in [7, 11) is 0. The van der Waals surface area contributed by atoms with Crippen molar-refractivity contribution in [1.29, 1.82) is 5.26 Å². The molecule has 1 aromatic rings. The van der Waals surface area contributed by atoms with E-state index in [1.165, 1.54) is 12.8 Å². The summed E-state index contributed by atoms with van der Waals surface area (Å²) in [4.78, 5) is 0. The highest BCUT2D eigenvalue weighted by Gasteiger charge is 2.45. The van der Waals surface area contributed by atoms with Crippen LogP contribution < -0.4 is 0 Å². The minimum absolute atomic E-state index is 0.575. The van der Waals surface area contributed by atoms with E-state index in [-0.39, 0.29) is 0 Å². The van der Waals surface area contributed by atoms with Crippen LogP contribution in [0.2, 0.25) is 0 Å². The summed E-state index contributed by atoms with van der Waals surface area (Å²) in [6.45, 7) is 0. The van der Waals surface area contributed by atoms with E-state index < -0.39 is 5.60 Å². The lowest BCUT2D eigenvalue weighted by atomic mass is 9.83. The predicted molar refractivity (Wildman–Crippen MR) is 68.7 cm³/mol. The van der Waals surface area contributed by atoms with Crippen LogP contribution in [0.15, 0.2) is 24.3 Å². The van der Waals surface area contributed by atoms with Crippen molar-refractivity contribution in [3.8, 4) is 6.07 Å². The minimum Gasteiger partial charge on any atom is -0.385 e. The fraction of sp³-hybridized carbons (Fsp3) is 0.500. The third kappa shape index (κ3) is 1.86. The molecule has 0 aliphatic carbocycles.